The molecule has 0 aliphatic carbocycles. The fraction of sp³-hybridized carbons (Fsp3) is 0.533. The van der Waals surface area contributed by atoms with E-state index in [4.69, 9.17) is 9.47 Å². The standard InChI is InChI=1S/C15H21NO3/c1-11-7-4-5-10-16(11)15(17)14-12(18-2)8-6-9-13(14)19-3/h6,8-9,11H,4-5,7,10H2,1-3H3/t11-/m0/s1. The molecular formula is C15H21NO3. The minimum Gasteiger partial charge on any atom is -0.496 e. The third kappa shape index (κ3) is 2.67. The second-order valence-corrected chi connectivity index (χ2v) is 4.88. The van der Waals surface area contributed by atoms with E-state index in [1.807, 2.05) is 11.0 Å². The van der Waals surface area contributed by atoms with E-state index in [1.165, 1.54) is 6.42 Å². The van der Waals surface area contributed by atoms with Gasteiger partial charge < -0.3 is 14.4 Å². The number of hydrogen-bond acceptors (Lipinski definition) is 3. The Morgan fingerprint density at radius 3 is 2.37 bits per heavy atom. The Hall–Kier alpha value is -1.71. The first-order chi connectivity index (χ1) is 9.19. The number of amides is 1. The molecule has 0 bridgehead atoms. The lowest BCUT2D eigenvalue weighted by Gasteiger charge is -2.34. The highest BCUT2D eigenvalue weighted by atomic mass is 16.5. The van der Waals surface area contributed by atoms with Crippen molar-refractivity contribution in [1.82, 2.24) is 4.90 Å². The van der Waals surface area contributed by atoms with E-state index in [0.29, 0.717) is 17.1 Å². The molecule has 0 saturated carbocycles. The van der Waals surface area contributed by atoms with E-state index in [1.54, 1.807) is 26.4 Å². The van der Waals surface area contributed by atoms with E-state index in [-0.39, 0.29) is 11.9 Å². The molecule has 1 fully saturated rings. The lowest BCUT2D eigenvalue weighted by molar-refractivity contribution is 0.0628. The van der Waals surface area contributed by atoms with Gasteiger partial charge in [0.15, 0.2) is 0 Å². The summed E-state index contributed by atoms with van der Waals surface area (Å²) in [4.78, 5) is 14.7. The van der Waals surface area contributed by atoms with Gasteiger partial charge in [-0.2, -0.15) is 0 Å². The summed E-state index contributed by atoms with van der Waals surface area (Å²) < 4.78 is 10.6. The maximum Gasteiger partial charge on any atom is 0.261 e. The smallest absolute Gasteiger partial charge is 0.261 e. The average molecular weight is 263 g/mol. The molecule has 1 saturated heterocycles. The minimum absolute atomic E-state index is 0.00139. The summed E-state index contributed by atoms with van der Waals surface area (Å²) in [6.07, 6.45) is 3.31. The van der Waals surface area contributed by atoms with Crippen LogP contribution in [0.15, 0.2) is 18.2 Å². The Bertz CT molecular complexity index is 436. The summed E-state index contributed by atoms with van der Waals surface area (Å²) in [6, 6.07) is 5.69. The Balaban J connectivity index is 2.36. The van der Waals surface area contributed by atoms with E-state index >= 15 is 0 Å². The molecule has 4 heteroatoms. The highest BCUT2D eigenvalue weighted by Crippen LogP contribution is 2.31. The lowest BCUT2D eigenvalue weighted by atomic mass is 10.0. The van der Waals surface area contributed by atoms with E-state index < -0.39 is 0 Å². The van der Waals surface area contributed by atoms with Crippen molar-refractivity contribution in [2.24, 2.45) is 0 Å². The molecule has 0 radical (unpaired) electrons. The molecule has 0 aromatic heterocycles. The Morgan fingerprint density at radius 1 is 1.21 bits per heavy atom. The van der Waals surface area contributed by atoms with Crippen LogP contribution in [0.25, 0.3) is 0 Å². The topological polar surface area (TPSA) is 38.8 Å². The molecule has 1 amide bonds. The molecule has 19 heavy (non-hydrogen) atoms. The van der Waals surface area contributed by atoms with E-state index in [0.717, 1.165) is 19.4 Å². The maximum absolute atomic E-state index is 12.7. The summed E-state index contributed by atoms with van der Waals surface area (Å²) in [7, 11) is 3.15. The first kappa shape index (κ1) is 13.7. The zero-order chi connectivity index (χ0) is 13.8. The summed E-state index contributed by atoms with van der Waals surface area (Å²) in [5.41, 5.74) is 0.529. The van der Waals surface area contributed by atoms with Crippen molar-refractivity contribution in [1.29, 1.82) is 0 Å². The van der Waals surface area contributed by atoms with Crippen molar-refractivity contribution in [3.63, 3.8) is 0 Å². The third-order valence-corrected chi connectivity index (χ3v) is 3.71. The van der Waals surface area contributed by atoms with Crippen molar-refractivity contribution < 1.29 is 14.3 Å². The predicted octanol–water partition coefficient (Wildman–Crippen LogP) is 2.72. The van der Waals surface area contributed by atoms with Crippen LogP contribution < -0.4 is 9.47 Å². The number of methoxy groups -OCH3 is 2. The van der Waals surface area contributed by atoms with Gasteiger partial charge in [-0.1, -0.05) is 6.07 Å². The van der Waals surface area contributed by atoms with Crippen LogP contribution >= 0.6 is 0 Å². The van der Waals surface area contributed by atoms with Gasteiger partial charge in [0.05, 0.1) is 14.2 Å². The first-order valence-corrected chi connectivity index (χ1v) is 6.71. The highest BCUT2D eigenvalue weighted by Gasteiger charge is 2.28. The predicted molar refractivity (Wildman–Crippen MR) is 73.9 cm³/mol. The number of piperidine rings is 1. The van der Waals surface area contributed by atoms with Gasteiger partial charge in [0.1, 0.15) is 17.1 Å². The second-order valence-electron chi connectivity index (χ2n) is 4.88. The van der Waals surface area contributed by atoms with Crippen LogP contribution in [-0.4, -0.2) is 37.6 Å². The maximum atomic E-state index is 12.7. The average Bonchev–Trinajstić information content (AvgIpc) is 2.46. The van der Waals surface area contributed by atoms with Crippen molar-refractivity contribution in [2.45, 2.75) is 32.2 Å². The molecule has 1 atom stereocenters. The molecule has 104 valence electrons. The molecule has 0 unspecified atom stereocenters. The molecule has 1 aromatic carbocycles. The van der Waals surface area contributed by atoms with Crippen LogP contribution in [0.3, 0.4) is 0 Å². The number of carbonyl (C=O) groups excluding carboxylic acids is 1. The fourth-order valence-corrected chi connectivity index (χ4v) is 2.61. The molecule has 1 aromatic rings. The first-order valence-electron chi connectivity index (χ1n) is 6.71. The van der Waals surface area contributed by atoms with Crippen LogP contribution in [0.1, 0.15) is 36.5 Å². The van der Waals surface area contributed by atoms with E-state index in [2.05, 4.69) is 6.92 Å². The largest absolute Gasteiger partial charge is 0.496 e. The number of ether oxygens (including phenoxy) is 2. The molecule has 2 rings (SSSR count). The van der Waals surface area contributed by atoms with Gasteiger partial charge in [-0.15, -0.1) is 0 Å². The number of benzene rings is 1. The van der Waals surface area contributed by atoms with Crippen molar-refractivity contribution in [3.8, 4) is 11.5 Å². The third-order valence-electron chi connectivity index (χ3n) is 3.71. The molecule has 0 N–H and O–H groups in total. The van der Waals surface area contributed by atoms with Crippen molar-refractivity contribution >= 4 is 5.91 Å². The van der Waals surface area contributed by atoms with Crippen molar-refractivity contribution in [2.75, 3.05) is 20.8 Å². The molecular weight excluding hydrogens is 242 g/mol. The monoisotopic (exact) mass is 263 g/mol. The number of nitrogens with zero attached hydrogens (tertiary/aromatic N) is 1. The van der Waals surface area contributed by atoms with E-state index in [9.17, 15) is 4.79 Å². The van der Waals surface area contributed by atoms with Gasteiger partial charge >= 0.3 is 0 Å². The minimum atomic E-state index is 0.00139. The van der Waals surface area contributed by atoms with Crippen LogP contribution in [0.5, 0.6) is 11.5 Å². The molecule has 0 spiro atoms. The quantitative estimate of drug-likeness (QED) is 0.841. The van der Waals surface area contributed by atoms with Crippen LogP contribution in [0.2, 0.25) is 0 Å². The Kier molecular flexibility index (Phi) is 4.30. The number of rotatable bonds is 3. The molecule has 4 nitrogen and oxygen atoms in total. The van der Waals surface area contributed by atoms with Crippen LogP contribution in [0.4, 0.5) is 0 Å². The fourth-order valence-electron chi connectivity index (χ4n) is 2.61. The zero-order valence-corrected chi connectivity index (χ0v) is 11.8. The number of likely N-dealkylation sites (tertiary alicyclic amines) is 1. The molecule has 1 aliphatic rings. The lowest BCUT2D eigenvalue weighted by Crippen LogP contribution is -2.42. The van der Waals surface area contributed by atoms with Crippen molar-refractivity contribution in [3.05, 3.63) is 23.8 Å². The molecule has 1 aliphatic heterocycles. The van der Waals surface area contributed by atoms with Gasteiger partial charge in [0, 0.05) is 12.6 Å². The Labute approximate surface area is 114 Å². The summed E-state index contributed by atoms with van der Waals surface area (Å²) >= 11 is 0. The van der Waals surface area contributed by atoms with Crippen LogP contribution in [-0.2, 0) is 0 Å². The number of hydrogen-bond donors (Lipinski definition) is 0. The zero-order valence-electron chi connectivity index (χ0n) is 11.8. The highest BCUT2D eigenvalue weighted by molar-refractivity contribution is 6.00. The van der Waals surface area contributed by atoms with Gasteiger partial charge in [0.2, 0.25) is 0 Å². The normalized spacial score (nSPS) is 19.1. The summed E-state index contributed by atoms with van der Waals surface area (Å²) in [6.45, 7) is 2.90. The molecule has 1 heterocycles. The second kappa shape index (κ2) is 5.95. The van der Waals surface area contributed by atoms with Gasteiger partial charge in [-0.05, 0) is 38.3 Å². The summed E-state index contributed by atoms with van der Waals surface area (Å²) in [5.74, 6) is 1.14. The SMILES string of the molecule is COc1cccc(OC)c1C(=O)N1CCCC[C@@H]1C. The Morgan fingerprint density at radius 2 is 1.84 bits per heavy atom. The summed E-state index contributed by atoms with van der Waals surface area (Å²) in [5, 5.41) is 0. The van der Waals surface area contributed by atoms with Crippen LogP contribution in [0, 0.1) is 0 Å². The van der Waals surface area contributed by atoms with Gasteiger partial charge in [-0.25, -0.2) is 0 Å². The number of carbonyl (C=O) groups is 1. The van der Waals surface area contributed by atoms with Gasteiger partial charge in [0.25, 0.3) is 5.91 Å². The van der Waals surface area contributed by atoms with Gasteiger partial charge in [-0.3, -0.25) is 4.79 Å².